The first kappa shape index (κ1) is 18.4. The van der Waals surface area contributed by atoms with Crippen LogP contribution in [0, 0.1) is 6.92 Å². The van der Waals surface area contributed by atoms with Crippen LogP contribution in [0.25, 0.3) is 0 Å². The summed E-state index contributed by atoms with van der Waals surface area (Å²) < 4.78 is 5.42. The average molecular weight is 380 g/mol. The lowest BCUT2D eigenvalue weighted by atomic mass is 10.1. The second-order valence-electron chi connectivity index (χ2n) is 7.37. The molecular weight excluding hydrogens is 356 g/mol. The molecule has 1 fully saturated rings. The number of fused-ring (bicyclic) bond motifs is 1. The van der Waals surface area contributed by atoms with E-state index in [1.807, 2.05) is 24.0 Å². The monoisotopic (exact) mass is 380 g/mol. The molecule has 2 aliphatic rings. The van der Waals surface area contributed by atoms with E-state index in [0.717, 1.165) is 24.2 Å². The Bertz CT molecular complexity index is 922. The standard InChI is InChI=1S/C21H24N4O3/c1-13-6-5-9-17(23-13)19(26)22-11-14-10-16-18(24-20(14)28-2)12-25(21(16)27)15-7-3-4-8-15/h5-6,9-10,15H,3-4,7-8,11-12H2,1-2H3,(H,22,26). The molecule has 28 heavy (non-hydrogen) atoms. The molecule has 0 bridgehead atoms. The van der Waals surface area contributed by atoms with Gasteiger partial charge < -0.3 is 15.0 Å². The molecule has 0 aromatic carbocycles. The first-order chi connectivity index (χ1) is 13.6. The fourth-order valence-electron chi connectivity index (χ4n) is 4.02. The Kier molecular flexibility index (Phi) is 4.98. The predicted octanol–water partition coefficient (Wildman–Crippen LogP) is 2.62. The summed E-state index contributed by atoms with van der Waals surface area (Å²) in [6, 6.07) is 7.42. The van der Waals surface area contributed by atoms with Crippen LogP contribution in [0.5, 0.6) is 5.88 Å². The third-order valence-corrected chi connectivity index (χ3v) is 5.47. The number of amides is 2. The molecule has 0 atom stereocenters. The molecule has 146 valence electrons. The number of carbonyl (C=O) groups excluding carboxylic acids is 2. The first-order valence-corrected chi connectivity index (χ1v) is 9.66. The summed E-state index contributed by atoms with van der Waals surface area (Å²) in [5.74, 6) is 0.201. The van der Waals surface area contributed by atoms with E-state index in [0.29, 0.717) is 35.3 Å². The van der Waals surface area contributed by atoms with Crippen LogP contribution in [-0.2, 0) is 13.1 Å². The van der Waals surface area contributed by atoms with Gasteiger partial charge in [-0.25, -0.2) is 9.97 Å². The Balaban J connectivity index is 1.52. The number of nitrogens with zero attached hydrogens (tertiary/aromatic N) is 3. The van der Waals surface area contributed by atoms with Gasteiger partial charge >= 0.3 is 0 Å². The lowest BCUT2D eigenvalue weighted by molar-refractivity contribution is 0.0706. The molecule has 0 radical (unpaired) electrons. The molecule has 0 saturated heterocycles. The smallest absolute Gasteiger partial charge is 0.270 e. The zero-order chi connectivity index (χ0) is 19.7. The minimum absolute atomic E-state index is 0.0324. The topological polar surface area (TPSA) is 84.4 Å². The number of methoxy groups -OCH3 is 1. The van der Waals surface area contributed by atoms with Gasteiger partial charge in [0.1, 0.15) is 5.69 Å². The van der Waals surface area contributed by atoms with E-state index in [1.54, 1.807) is 19.2 Å². The molecule has 3 heterocycles. The largest absolute Gasteiger partial charge is 0.481 e. The van der Waals surface area contributed by atoms with E-state index in [2.05, 4.69) is 15.3 Å². The van der Waals surface area contributed by atoms with Crippen molar-refractivity contribution in [1.82, 2.24) is 20.2 Å². The van der Waals surface area contributed by atoms with E-state index in [4.69, 9.17) is 4.74 Å². The number of rotatable bonds is 5. The first-order valence-electron chi connectivity index (χ1n) is 9.66. The lowest BCUT2D eigenvalue weighted by Gasteiger charge is -2.22. The van der Waals surface area contributed by atoms with Crippen LogP contribution in [0.2, 0.25) is 0 Å². The third kappa shape index (κ3) is 3.44. The molecule has 1 saturated carbocycles. The number of aromatic nitrogens is 2. The molecule has 1 aliphatic heterocycles. The number of aryl methyl sites for hydroxylation is 1. The van der Waals surface area contributed by atoms with Gasteiger partial charge in [-0.1, -0.05) is 18.9 Å². The second kappa shape index (κ2) is 7.58. The Morgan fingerprint density at radius 1 is 1.29 bits per heavy atom. The van der Waals surface area contributed by atoms with Gasteiger partial charge in [0.15, 0.2) is 0 Å². The molecule has 4 rings (SSSR count). The molecule has 2 aromatic rings. The quantitative estimate of drug-likeness (QED) is 0.862. The van der Waals surface area contributed by atoms with E-state index in [-0.39, 0.29) is 18.4 Å². The number of pyridine rings is 2. The van der Waals surface area contributed by atoms with E-state index < -0.39 is 0 Å². The van der Waals surface area contributed by atoms with Crippen molar-refractivity contribution < 1.29 is 14.3 Å². The summed E-state index contributed by atoms with van der Waals surface area (Å²) in [5.41, 5.74) is 3.19. The van der Waals surface area contributed by atoms with Gasteiger partial charge in [-0.15, -0.1) is 0 Å². The van der Waals surface area contributed by atoms with Crippen molar-refractivity contribution in [3.05, 3.63) is 52.5 Å². The fourth-order valence-corrected chi connectivity index (χ4v) is 4.02. The maximum Gasteiger partial charge on any atom is 0.270 e. The molecule has 0 spiro atoms. The summed E-state index contributed by atoms with van der Waals surface area (Å²) in [7, 11) is 1.55. The van der Waals surface area contributed by atoms with Gasteiger partial charge in [-0.2, -0.15) is 0 Å². The van der Waals surface area contributed by atoms with Crippen molar-refractivity contribution in [2.45, 2.75) is 51.7 Å². The van der Waals surface area contributed by atoms with Crippen LogP contribution in [0.15, 0.2) is 24.3 Å². The van der Waals surface area contributed by atoms with Crippen LogP contribution < -0.4 is 10.1 Å². The summed E-state index contributed by atoms with van der Waals surface area (Å²) in [5, 5.41) is 2.84. The van der Waals surface area contributed by atoms with Crippen molar-refractivity contribution in [3.63, 3.8) is 0 Å². The van der Waals surface area contributed by atoms with Gasteiger partial charge in [0.25, 0.3) is 11.8 Å². The fraction of sp³-hybridized carbons (Fsp3) is 0.429. The minimum Gasteiger partial charge on any atom is -0.481 e. The second-order valence-corrected chi connectivity index (χ2v) is 7.37. The molecule has 7 heteroatoms. The normalized spacial score (nSPS) is 16.4. The predicted molar refractivity (Wildman–Crippen MR) is 103 cm³/mol. The van der Waals surface area contributed by atoms with Crippen LogP contribution >= 0.6 is 0 Å². The third-order valence-electron chi connectivity index (χ3n) is 5.47. The van der Waals surface area contributed by atoms with Gasteiger partial charge in [0.05, 0.1) is 24.9 Å². The van der Waals surface area contributed by atoms with E-state index >= 15 is 0 Å². The zero-order valence-corrected chi connectivity index (χ0v) is 16.2. The molecule has 0 unspecified atom stereocenters. The summed E-state index contributed by atoms with van der Waals surface area (Å²) in [6.07, 6.45) is 4.46. The highest BCUT2D eigenvalue weighted by atomic mass is 16.5. The number of hydrogen-bond donors (Lipinski definition) is 1. The lowest BCUT2D eigenvalue weighted by Crippen LogP contribution is -2.33. The Labute approximate surface area is 164 Å². The van der Waals surface area contributed by atoms with Crippen molar-refractivity contribution in [2.24, 2.45) is 0 Å². The molecule has 7 nitrogen and oxygen atoms in total. The van der Waals surface area contributed by atoms with Gasteiger partial charge in [-0.05, 0) is 38.0 Å². The summed E-state index contributed by atoms with van der Waals surface area (Å²) in [4.78, 5) is 36.0. The van der Waals surface area contributed by atoms with Crippen molar-refractivity contribution in [3.8, 4) is 5.88 Å². The van der Waals surface area contributed by atoms with Crippen molar-refractivity contribution in [2.75, 3.05) is 7.11 Å². The number of carbonyl (C=O) groups is 2. The highest BCUT2D eigenvalue weighted by Crippen LogP contribution is 2.33. The van der Waals surface area contributed by atoms with Gasteiger partial charge in [0.2, 0.25) is 5.88 Å². The van der Waals surface area contributed by atoms with E-state index in [1.165, 1.54) is 12.8 Å². The van der Waals surface area contributed by atoms with Crippen LogP contribution in [-0.4, -0.2) is 39.8 Å². The summed E-state index contributed by atoms with van der Waals surface area (Å²) in [6.45, 7) is 2.59. The maximum atomic E-state index is 12.9. The van der Waals surface area contributed by atoms with Crippen molar-refractivity contribution in [1.29, 1.82) is 0 Å². The van der Waals surface area contributed by atoms with Crippen LogP contribution in [0.1, 0.15) is 63.5 Å². The molecular formula is C21H24N4O3. The Morgan fingerprint density at radius 2 is 2.07 bits per heavy atom. The molecule has 1 aliphatic carbocycles. The number of ether oxygens (including phenoxy) is 1. The SMILES string of the molecule is COc1nc2c(cc1CNC(=O)c1cccc(C)n1)C(=O)N(C1CCCC1)C2. The zero-order valence-electron chi connectivity index (χ0n) is 16.2. The average Bonchev–Trinajstić information content (AvgIpc) is 3.33. The maximum absolute atomic E-state index is 12.9. The van der Waals surface area contributed by atoms with Gasteiger partial charge in [-0.3, -0.25) is 9.59 Å². The minimum atomic E-state index is -0.273. The Morgan fingerprint density at radius 3 is 2.79 bits per heavy atom. The van der Waals surface area contributed by atoms with Gasteiger partial charge in [0, 0.05) is 23.8 Å². The summed E-state index contributed by atoms with van der Waals surface area (Å²) >= 11 is 0. The van der Waals surface area contributed by atoms with Crippen LogP contribution in [0.4, 0.5) is 0 Å². The molecule has 1 N–H and O–H groups in total. The Hall–Kier alpha value is -2.96. The molecule has 2 amide bonds. The highest BCUT2D eigenvalue weighted by Gasteiger charge is 2.35. The van der Waals surface area contributed by atoms with E-state index in [9.17, 15) is 9.59 Å². The highest BCUT2D eigenvalue weighted by molar-refractivity contribution is 5.98. The number of hydrogen-bond acceptors (Lipinski definition) is 5. The van der Waals surface area contributed by atoms with Crippen molar-refractivity contribution >= 4 is 11.8 Å². The number of nitrogens with one attached hydrogen (secondary N) is 1. The van der Waals surface area contributed by atoms with Crippen LogP contribution in [0.3, 0.4) is 0 Å². The molecule has 2 aromatic heterocycles.